The summed E-state index contributed by atoms with van der Waals surface area (Å²) in [7, 11) is -4.06. The van der Waals surface area contributed by atoms with Crippen LogP contribution in [0.3, 0.4) is 0 Å². The van der Waals surface area contributed by atoms with Crippen LogP contribution in [0, 0.1) is 13.8 Å². The molecule has 0 saturated heterocycles. The van der Waals surface area contributed by atoms with Crippen LogP contribution < -0.4 is 10.0 Å². The summed E-state index contributed by atoms with van der Waals surface area (Å²) < 4.78 is 31.6. The van der Waals surface area contributed by atoms with E-state index in [1.165, 1.54) is 13.8 Å². The molecule has 1 rings (SSSR count). The summed E-state index contributed by atoms with van der Waals surface area (Å²) in [4.78, 5) is 22.0. The van der Waals surface area contributed by atoms with Crippen molar-refractivity contribution in [2.24, 2.45) is 0 Å². The van der Waals surface area contributed by atoms with Gasteiger partial charge in [0, 0.05) is 19.5 Å². The first-order valence-electron chi connectivity index (χ1n) is 6.30. The first-order valence-corrected chi connectivity index (χ1v) is 7.78. The summed E-state index contributed by atoms with van der Waals surface area (Å²) >= 11 is 0. The Morgan fingerprint density at radius 3 is 2.38 bits per heavy atom. The van der Waals surface area contributed by atoms with E-state index in [9.17, 15) is 18.0 Å². The van der Waals surface area contributed by atoms with Gasteiger partial charge in [0.1, 0.15) is 22.0 Å². The molecule has 0 radical (unpaired) electrons. The highest BCUT2D eigenvalue weighted by atomic mass is 32.2. The molecule has 0 spiro atoms. The number of furan rings is 1. The number of sulfonamides is 1. The van der Waals surface area contributed by atoms with Gasteiger partial charge < -0.3 is 14.8 Å². The lowest BCUT2D eigenvalue weighted by Crippen LogP contribution is -2.31. The Labute approximate surface area is 122 Å². The fraction of sp³-hybridized carbons (Fsp3) is 0.500. The van der Waals surface area contributed by atoms with E-state index in [4.69, 9.17) is 9.52 Å². The number of hydrogen-bond acceptors (Lipinski definition) is 5. The summed E-state index contributed by atoms with van der Waals surface area (Å²) in [5.41, 5.74) is -0.391. The lowest BCUT2D eigenvalue weighted by atomic mass is 10.2. The standard InChI is InChI=1S/C12H18N2O6S/c1-4-13-9(15)5-6-14-21(18,19)11-8(3)20-7(2)10(11)12(16)17/h14H,4-6H2,1-3H3,(H,13,15)(H,16,17). The highest BCUT2D eigenvalue weighted by Crippen LogP contribution is 2.26. The Morgan fingerprint density at radius 1 is 1.24 bits per heavy atom. The summed E-state index contributed by atoms with van der Waals surface area (Å²) in [5, 5.41) is 11.6. The van der Waals surface area contributed by atoms with Crippen molar-refractivity contribution in [1.82, 2.24) is 10.0 Å². The van der Waals surface area contributed by atoms with Crippen molar-refractivity contribution in [3.63, 3.8) is 0 Å². The molecular formula is C12H18N2O6S. The highest BCUT2D eigenvalue weighted by molar-refractivity contribution is 7.89. The number of carboxylic acid groups (broad SMARTS) is 1. The quantitative estimate of drug-likeness (QED) is 0.668. The van der Waals surface area contributed by atoms with Crippen molar-refractivity contribution in [2.75, 3.05) is 13.1 Å². The second kappa shape index (κ2) is 6.72. The summed E-state index contributed by atoms with van der Waals surface area (Å²) in [5.74, 6) is -1.66. The van der Waals surface area contributed by atoms with Crippen molar-refractivity contribution < 1.29 is 27.5 Å². The number of amides is 1. The summed E-state index contributed by atoms with van der Waals surface area (Å²) in [6, 6.07) is 0. The third-order valence-corrected chi connectivity index (χ3v) is 4.32. The Balaban J connectivity index is 2.94. The maximum absolute atomic E-state index is 12.2. The number of carbonyl (C=O) groups excluding carboxylic acids is 1. The lowest BCUT2D eigenvalue weighted by molar-refractivity contribution is -0.120. The predicted octanol–water partition coefficient (Wildman–Crippen LogP) is 0.399. The number of hydrogen-bond donors (Lipinski definition) is 3. The van der Waals surface area contributed by atoms with Gasteiger partial charge in [0.15, 0.2) is 0 Å². The molecule has 21 heavy (non-hydrogen) atoms. The van der Waals surface area contributed by atoms with Crippen LogP contribution in [0.25, 0.3) is 0 Å². The first kappa shape index (κ1) is 17.2. The van der Waals surface area contributed by atoms with E-state index in [0.717, 1.165) is 0 Å². The molecule has 0 bridgehead atoms. The van der Waals surface area contributed by atoms with E-state index in [0.29, 0.717) is 6.54 Å². The second-order valence-electron chi connectivity index (χ2n) is 4.32. The predicted molar refractivity (Wildman–Crippen MR) is 73.6 cm³/mol. The van der Waals surface area contributed by atoms with Crippen molar-refractivity contribution in [3.8, 4) is 0 Å². The molecule has 0 unspecified atom stereocenters. The minimum absolute atomic E-state index is 0.00425. The fourth-order valence-corrected chi connectivity index (χ4v) is 3.33. The Hall–Kier alpha value is -1.87. The maximum Gasteiger partial charge on any atom is 0.340 e. The van der Waals surface area contributed by atoms with Gasteiger partial charge in [-0.3, -0.25) is 4.79 Å². The third-order valence-electron chi connectivity index (χ3n) is 2.71. The van der Waals surface area contributed by atoms with Crippen LogP contribution in [0.15, 0.2) is 9.31 Å². The second-order valence-corrected chi connectivity index (χ2v) is 6.03. The number of aromatic carboxylic acids is 1. The molecule has 0 saturated carbocycles. The minimum atomic E-state index is -4.06. The lowest BCUT2D eigenvalue weighted by Gasteiger charge is -2.07. The number of aryl methyl sites for hydroxylation is 2. The fourth-order valence-electron chi connectivity index (χ4n) is 1.89. The van der Waals surface area contributed by atoms with Crippen LogP contribution in [0.4, 0.5) is 0 Å². The van der Waals surface area contributed by atoms with E-state index in [2.05, 4.69) is 10.0 Å². The van der Waals surface area contributed by atoms with Gasteiger partial charge in [-0.05, 0) is 20.8 Å². The molecule has 0 aliphatic carbocycles. The van der Waals surface area contributed by atoms with Crippen molar-refractivity contribution >= 4 is 21.9 Å². The number of carbonyl (C=O) groups is 2. The molecule has 9 heteroatoms. The molecule has 1 aromatic heterocycles. The molecule has 0 aromatic carbocycles. The number of rotatable bonds is 7. The molecule has 0 fully saturated rings. The van der Waals surface area contributed by atoms with Crippen LogP contribution in [-0.4, -0.2) is 38.5 Å². The smallest absolute Gasteiger partial charge is 0.340 e. The largest absolute Gasteiger partial charge is 0.478 e. The van der Waals surface area contributed by atoms with E-state index in [-0.39, 0.29) is 30.4 Å². The average molecular weight is 318 g/mol. The molecule has 0 aliphatic rings. The van der Waals surface area contributed by atoms with E-state index in [1.807, 2.05) is 0 Å². The Kier molecular flexibility index (Phi) is 5.50. The van der Waals surface area contributed by atoms with Gasteiger partial charge in [-0.15, -0.1) is 0 Å². The Bertz CT molecular complexity index is 647. The van der Waals surface area contributed by atoms with Crippen LogP contribution in [0.2, 0.25) is 0 Å². The van der Waals surface area contributed by atoms with E-state index in [1.54, 1.807) is 6.92 Å². The third kappa shape index (κ3) is 4.05. The molecule has 118 valence electrons. The number of carboxylic acids is 1. The molecule has 1 aromatic rings. The van der Waals surface area contributed by atoms with Gasteiger partial charge in [-0.1, -0.05) is 0 Å². The van der Waals surface area contributed by atoms with Gasteiger partial charge in [0.25, 0.3) is 0 Å². The zero-order chi connectivity index (χ0) is 16.2. The highest BCUT2D eigenvalue weighted by Gasteiger charge is 2.30. The van der Waals surface area contributed by atoms with Gasteiger partial charge in [0.05, 0.1) is 0 Å². The van der Waals surface area contributed by atoms with Gasteiger partial charge in [-0.25, -0.2) is 17.9 Å². The first-order chi connectivity index (χ1) is 9.70. The van der Waals surface area contributed by atoms with Gasteiger partial charge in [0.2, 0.25) is 15.9 Å². The summed E-state index contributed by atoms with van der Waals surface area (Å²) in [6.45, 7) is 4.83. The molecule has 8 nitrogen and oxygen atoms in total. The van der Waals surface area contributed by atoms with Gasteiger partial charge >= 0.3 is 5.97 Å². The summed E-state index contributed by atoms with van der Waals surface area (Å²) in [6.07, 6.45) is -0.0364. The van der Waals surface area contributed by atoms with Gasteiger partial charge in [-0.2, -0.15) is 0 Å². The molecule has 0 atom stereocenters. The monoisotopic (exact) mass is 318 g/mol. The SMILES string of the molecule is CCNC(=O)CCNS(=O)(=O)c1c(C)oc(C)c1C(=O)O. The van der Waals surface area contributed by atoms with Crippen molar-refractivity contribution in [3.05, 3.63) is 17.1 Å². The molecule has 0 aliphatic heterocycles. The van der Waals surface area contributed by atoms with Crippen LogP contribution >= 0.6 is 0 Å². The zero-order valence-corrected chi connectivity index (χ0v) is 12.8. The molecule has 1 amide bonds. The molecule has 1 heterocycles. The van der Waals surface area contributed by atoms with Crippen LogP contribution in [-0.2, 0) is 14.8 Å². The number of nitrogens with one attached hydrogen (secondary N) is 2. The van der Waals surface area contributed by atoms with E-state index >= 15 is 0 Å². The van der Waals surface area contributed by atoms with Crippen LogP contribution in [0.5, 0.6) is 0 Å². The molecular weight excluding hydrogens is 300 g/mol. The van der Waals surface area contributed by atoms with Crippen molar-refractivity contribution in [2.45, 2.75) is 32.1 Å². The van der Waals surface area contributed by atoms with E-state index < -0.39 is 26.5 Å². The van der Waals surface area contributed by atoms with Crippen molar-refractivity contribution in [1.29, 1.82) is 0 Å². The Morgan fingerprint density at radius 2 is 1.86 bits per heavy atom. The zero-order valence-electron chi connectivity index (χ0n) is 12.0. The normalized spacial score (nSPS) is 11.4. The topological polar surface area (TPSA) is 126 Å². The maximum atomic E-state index is 12.2. The molecule has 3 N–H and O–H groups in total. The minimum Gasteiger partial charge on any atom is -0.478 e. The average Bonchev–Trinajstić information content (AvgIpc) is 2.65. The van der Waals surface area contributed by atoms with Crippen LogP contribution in [0.1, 0.15) is 35.2 Å².